The predicted octanol–water partition coefficient (Wildman–Crippen LogP) is 4.57. The summed E-state index contributed by atoms with van der Waals surface area (Å²) in [6, 6.07) is -0.0292. The van der Waals surface area contributed by atoms with Crippen LogP contribution >= 0.6 is 27.3 Å². The number of thiazole rings is 1. The fraction of sp³-hybridized carbons (Fsp3) is 0.364. The highest BCUT2D eigenvalue weighted by Gasteiger charge is 2.18. The second-order valence-electron chi connectivity index (χ2n) is 7.47. The maximum absolute atomic E-state index is 12.3. The van der Waals surface area contributed by atoms with Crippen molar-refractivity contribution in [3.8, 4) is 5.88 Å². The zero-order valence-electron chi connectivity index (χ0n) is 17.8. The Morgan fingerprint density at radius 3 is 2.94 bits per heavy atom. The summed E-state index contributed by atoms with van der Waals surface area (Å²) in [5.41, 5.74) is 4.59. The number of anilines is 1. The van der Waals surface area contributed by atoms with Crippen LogP contribution in [0.5, 0.6) is 5.88 Å². The number of aromatic nitrogens is 3. The van der Waals surface area contributed by atoms with Crippen LogP contribution in [0, 0.1) is 6.92 Å². The van der Waals surface area contributed by atoms with Gasteiger partial charge in [0.2, 0.25) is 11.8 Å². The number of nitrogens with one attached hydrogen (secondary N) is 2. The van der Waals surface area contributed by atoms with Gasteiger partial charge >= 0.3 is 6.03 Å². The van der Waals surface area contributed by atoms with Gasteiger partial charge in [0.05, 0.1) is 28.5 Å². The lowest BCUT2D eigenvalue weighted by atomic mass is 10.3. The zero-order chi connectivity index (χ0) is 22.3. The van der Waals surface area contributed by atoms with Gasteiger partial charge in [-0.15, -0.1) is 11.3 Å². The molecule has 1 aliphatic carbocycles. The van der Waals surface area contributed by atoms with E-state index in [9.17, 15) is 4.79 Å². The van der Waals surface area contributed by atoms with Gasteiger partial charge in [-0.3, -0.25) is 0 Å². The summed E-state index contributed by atoms with van der Waals surface area (Å²) in [7, 11) is 0. The summed E-state index contributed by atoms with van der Waals surface area (Å²) >= 11 is 5.08. The number of hydrogen-bond acceptors (Lipinski definition) is 7. The number of nitrogens with zero attached hydrogens (tertiary/aromatic N) is 4. The van der Waals surface area contributed by atoms with Crippen molar-refractivity contribution in [3.05, 3.63) is 62.4 Å². The van der Waals surface area contributed by atoms with E-state index < -0.39 is 0 Å². The molecule has 1 aliphatic heterocycles. The minimum Gasteiger partial charge on any atom is -0.476 e. The minimum atomic E-state index is -0.0292. The second-order valence-corrected chi connectivity index (χ2v) is 9.26. The highest BCUT2D eigenvalue weighted by molar-refractivity contribution is 9.10. The normalized spacial score (nSPS) is 15.8. The first-order chi connectivity index (χ1) is 15.6. The van der Waals surface area contributed by atoms with Crippen LogP contribution < -0.4 is 15.4 Å². The number of hydrogen-bond donors (Lipinski definition) is 2. The molecule has 0 spiro atoms. The molecule has 2 N–H and O–H groups in total. The molecule has 2 aromatic heterocycles. The molecular weight excluding hydrogens is 492 g/mol. The minimum absolute atomic E-state index is 0.0292. The van der Waals surface area contributed by atoms with Crippen LogP contribution in [-0.4, -0.2) is 45.6 Å². The maximum Gasteiger partial charge on any atom is 0.321 e. The Morgan fingerprint density at radius 2 is 2.16 bits per heavy atom. The largest absolute Gasteiger partial charge is 0.476 e. The summed E-state index contributed by atoms with van der Waals surface area (Å²) < 4.78 is 6.57. The number of carbonyl (C=O) groups excluding carboxylic acids is 1. The van der Waals surface area contributed by atoms with Gasteiger partial charge in [0, 0.05) is 42.2 Å². The Hall–Kier alpha value is -2.72. The SMILES string of the molecule is Cc1ncsc1CCOc1nc(NC2=CCC(NC(=O)N3CCCC3)=CC=C2)ncc1Br. The fourth-order valence-corrected chi connectivity index (χ4v) is 4.46. The Kier molecular flexibility index (Phi) is 7.54. The lowest BCUT2D eigenvalue weighted by molar-refractivity contribution is 0.211. The number of halogens is 1. The maximum atomic E-state index is 12.3. The van der Waals surface area contributed by atoms with Gasteiger partial charge in [-0.25, -0.2) is 14.8 Å². The number of ether oxygens (including phenoxy) is 1. The molecular formula is C22H25BrN6O2S. The molecule has 2 amide bonds. The molecule has 1 fully saturated rings. The van der Waals surface area contributed by atoms with Crippen LogP contribution in [0.25, 0.3) is 0 Å². The van der Waals surface area contributed by atoms with Gasteiger partial charge in [0.25, 0.3) is 0 Å². The van der Waals surface area contributed by atoms with Crippen LogP contribution in [0.3, 0.4) is 0 Å². The highest BCUT2D eigenvalue weighted by Crippen LogP contribution is 2.24. The molecule has 2 aliphatic rings. The standard InChI is InChI=1S/C22H25BrN6O2S/c1-15-19(32-14-25-15)9-12-31-20-18(23)13-24-21(28-20)26-16-5-4-6-17(8-7-16)27-22(30)29-10-2-3-11-29/h4-7,13-14H,2-3,8-12H2,1H3,(H,27,30)(H,24,26,28). The van der Waals surface area contributed by atoms with Gasteiger partial charge in [0.15, 0.2) is 0 Å². The molecule has 0 saturated carbocycles. The summed E-state index contributed by atoms with van der Waals surface area (Å²) in [6.07, 6.45) is 12.9. The quantitative estimate of drug-likeness (QED) is 0.559. The third-order valence-electron chi connectivity index (χ3n) is 5.16. The molecule has 0 aromatic carbocycles. The molecule has 3 heterocycles. The monoisotopic (exact) mass is 516 g/mol. The van der Waals surface area contributed by atoms with Crippen LogP contribution in [0.15, 0.2) is 51.9 Å². The second kappa shape index (κ2) is 10.7. The molecule has 168 valence electrons. The number of rotatable bonds is 7. The fourth-order valence-electron chi connectivity index (χ4n) is 3.39. The Bertz CT molecular complexity index is 1060. The van der Waals surface area contributed by atoms with Crippen molar-refractivity contribution in [1.29, 1.82) is 0 Å². The number of aryl methyl sites for hydroxylation is 1. The van der Waals surface area contributed by atoms with Crippen LogP contribution in [0.2, 0.25) is 0 Å². The Morgan fingerprint density at radius 1 is 1.31 bits per heavy atom. The summed E-state index contributed by atoms with van der Waals surface area (Å²) in [5.74, 6) is 0.928. The summed E-state index contributed by atoms with van der Waals surface area (Å²) in [5, 5.41) is 6.22. The van der Waals surface area contributed by atoms with E-state index in [0.29, 0.717) is 29.3 Å². The molecule has 0 radical (unpaired) electrons. The van der Waals surface area contributed by atoms with Crippen molar-refractivity contribution in [1.82, 2.24) is 25.2 Å². The Balaban J connectivity index is 1.32. The third-order valence-corrected chi connectivity index (χ3v) is 6.70. The van der Waals surface area contributed by atoms with Crippen LogP contribution in [0.1, 0.15) is 29.8 Å². The highest BCUT2D eigenvalue weighted by atomic mass is 79.9. The topological polar surface area (TPSA) is 92.3 Å². The number of carbonyl (C=O) groups is 1. The molecule has 32 heavy (non-hydrogen) atoms. The lowest BCUT2D eigenvalue weighted by Crippen LogP contribution is -2.37. The van der Waals surface area contributed by atoms with E-state index in [0.717, 1.165) is 49.4 Å². The average molecular weight is 517 g/mol. The summed E-state index contributed by atoms with van der Waals surface area (Å²) in [4.78, 5) is 28.5. The van der Waals surface area contributed by atoms with E-state index in [1.165, 1.54) is 4.88 Å². The first-order valence-electron chi connectivity index (χ1n) is 10.5. The summed E-state index contributed by atoms with van der Waals surface area (Å²) in [6.45, 7) is 4.16. The van der Waals surface area contributed by atoms with Crippen molar-refractivity contribution in [3.63, 3.8) is 0 Å². The zero-order valence-corrected chi connectivity index (χ0v) is 20.2. The van der Waals surface area contributed by atoms with Gasteiger partial charge in [0.1, 0.15) is 0 Å². The van der Waals surface area contributed by atoms with Crippen molar-refractivity contribution in [2.24, 2.45) is 0 Å². The molecule has 0 atom stereocenters. The van der Waals surface area contributed by atoms with E-state index in [1.807, 2.05) is 41.6 Å². The lowest BCUT2D eigenvalue weighted by Gasteiger charge is -2.17. The number of amides is 2. The van der Waals surface area contributed by atoms with E-state index in [-0.39, 0.29) is 6.03 Å². The van der Waals surface area contributed by atoms with E-state index in [4.69, 9.17) is 4.74 Å². The predicted molar refractivity (Wildman–Crippen MR) is 129 cm³/mol. The van der Waals surface area contributed by atoms with Crippen LogP contribution in [0.4, 0.5) is 10.7 Å². The smallest absolute Gasteiger partial charge is 0.321 e. The van der Waals surface area contributed by atoms with Gasteiger partial charge in [-0.2, -0.15) is 4.98 Å². The van der Waals surface area contributed by atoms with Crippen LogP contribution in [-0.2, 0) is 6.42 Å². The molecule has 1 saturated heterocycles. The van der Waals surface area contributed by atoms with Gasteiger partial charge in [-0.05, 0) is 47.8 Å². The van der Waals surface area contributed by atoms with E-state index in [2.05, 4.69) is 41.5 Å². The molecule has 4 rings (SSSR count). The van der Waals surface area contributed by atoms with Gasteiger partial charge in [-0.1, -0.05) is 12.2 Å². The molecule has 2 aromatic rings. The molecule has 0 unspecified atom stereocenters. The van der Waals surface area contributed by atoms with Gasteiger partial charge < -0.3 is 20.3 Å². The third kappa shape index (κ3) is 5.95. The molecule has 8 nitrogen and oxygen atoms in total. The van der Waals surface area contributed by atoms with E-state index >= 15 is 0 Å². The van der Waals surface area contributed by atoms with Crippen molar-refractivity contribution in [2.45, 2.75) is 32.6 Å². The average Bonchev–Trinajstić information content (AvgIpc) is 3.41. The van der Waals surface area contributed by atoms with Crippen molar-refractivity contribution in [2.75, 3.05) is 25.0 Å². The number of allylic oxidation sites excluding steroid dienone is 4. The van der Waals surface area contributed by atoms with Crippen molar-refractivity contribution >= 4 is 39.2 Å². The molecule has 10 heteroatoms. The number of urea groups is 1. The van der Waals surface area contributed by atoms with E-state index in [1.54, 1.807) is 17.5 Å². The first kappa shape index (κ1) is 22.5. The first-order valence-corrected chi connectivity index (χ1v) is 12.2. The number of likely N-dealkylation sites (tertiary alicyclic amines) is 1. The molecule has 0 bridgehead atoms. The Labute approximate surface area is 199 Å². The van der Waals surface area contributed by atoms with Crippen molar-refractivity contribution < 1.29 is 9.53 Å².